The minimum Gasteiger partial charge on any atom is -0.389 e. The Morgan fingerprint density at radius 3 is 2.62 bits per heavy atom. The topological polar surface area (TPSA) is 54.4 Å². The van der Waals surface area contributed by atoms with Crippen molar-refractivity contribution in [3.63, 3.8) is 0 Å². The predicted octanol–water partition coefficient (Wildman–Crippen LogP) is 3.78. The van der Waals surface area contributed by atoms with Crippen LogP contribution in [-0.2, 0) is 9.59 Å². The molecule has 3 heteroatoms. The van der Waals surface area contributed by atoms with Crippen molar-refractivity contribution in [1.29, 1.82) is 0 Å². The van der Waals surface area contributed by atoms with E-state index in [4.69, 9.17) is 0 Å². The first-order valence-corrected chi connectivity index (χ1v) is 10.1. The molecule has 0 spiro atoms. The smallest absolute Gasteiger partial charge is 0.161 e. The number of hydrogen-bond donors (Lipinski definition) is 1. The summed E-state index contributed by atoms with van der Waals surface area (Å²) >= 11 is 0. The van der Waals surface area contributed by atoms with Gasteiger partial charge in [0, 0.05) is 18.3 Å². The maximum Gasteiger partial charge on any atom is 0.161 e. The van der Waals surface area contributed by atoms with Gasteiger partial charge in [-0.3, -0.25) is 9.59 Å². The van der Waals surface area contributed by atoms with Crippen molar-refractivity contribution in [3.8, 4) is 0 Å². The van der Waals surface area contributed by atoms with Crippen molar-refractivity contribution in [2.45, 2.75) is 71.6 Å². The van der Waals surface area contributed by atoms with Crippen molar-refractivity contribution in [2.24, 2.45) is 40.4 Å². The Hall–Kier alpha value is -0.700. The van der Waals surface area contributed by atoms with Crippen LogP contribution in [-0.4, -0.2) is 23.3 Å². The van der Waals surface area contributed by atoms with Gasteiger partial charge >= 0.3 is 0 Å². The molecule has 134 valence electrons. The molecule has 0 aliphatic heterocycles. The summed E-state index contributed by atoms with van der Waals surface area (Å²) in [5.74, 6) is 2.24. The van der Waals surface area contributed by atoms with Crippen LogP contribution in [0.15, 0.2) is 0 Å². The van der Waals surface area contributed by atoms with E-state index in [9.17, 15) is 14.7 Å². The molecule has 0 aromatic heterocycles. The molecular formula is C21H32O3. The number of ketones is 2. The fourth-order valence-corrected chi connectivity index (χ4v) is 7.75. The van der Waals surface area contributed by atoms with Crippen LogP contribution < -0.4 is 0 Å². The zero-order valence-corrected chi connectivity index (χ0v) is 15.2. The molecule has 4 aliphatic carbocycles. The summed E-state index contributed by atoms with van der Waals surface area (Å²) < 4.78 is 0. The second-order valence-electron chi connectivity index (χ2n) is 9.68. The lowest BCUT2D eigenvalue weighted by atomic mass is 9.44. The van der Waals surface area contributed by atoms with Crippen LogP contribution in [0.5, 0.6) is 0 Å². The third kappa shape index (κ3) is 2.12. The Bertz CT molecular complexity index is 555. The highest BCUT2D eigenvalue weighted by molar-refractivity contribution is 5.88. The van der Waals surface area contributed by atoms with Crippen molar-refractivity contribution in [2.75, 3.05) is 6.61 Å². The van der Waals surface area contributed by atoms with Gasteiger partial charge in [-0.1, -0.05) is 26.7 Å². The van der Waals surface area contributed by atoms with Gasteiger partial charge in [-0.25, -0.2) is 0 Å². The van der Waals surface area contributed by atoms with Crippen LogP contribution in [0.1, 0.15) is 71.6 Å². The van der Waals surface area contributed by atoms with E-state index in [0.29, 0.717) is 24.0 Å². The summed E-state index contributed by atoms with van der Waals surface area (Å²) in [6.07, 6.45) is 10.1. The number of carbonyl (C=O) groups is 2. The second kappa shape index (κ2) is 5.65. The molecular weight excluding hydrogens is 300 g/mol. The molecule has 4 saturated carbocycles. The van der Waals surface area contributed by atoms with E-state index in [-0.39, 0.29) is 35.1 Å². The zero-order valence-electron chi connectivity index (χ0n) is 15.2. The second-order valence-corrected chi connectivity index (χ2v) is 9.68. The lowest BCUT2D eigenvalue weighted by molar-refractivity contribution is -0.159. The highest BCUT2D eigenvalue weighted by atomic mass is 16.3. The number of hydrogen-bond acceptors (Lipinski definition) is 3. The van der Waals surface area contributed by atoms with Gasteiger partial charge in [0.15, 0.2) is 5.78 Å². The Labute approximate surface area is 145 Å². The normalized spacial score (nSPS) is 50.8. The summed E-state index contributed by atoms with van der Waals surface area (Å²) in [4.78, 5) is 25.6. The molecule has 0 aromatic rings. The summed E-state index contributed by atoms with van der Waals surface area (Å²) in [5.41, 5.74) is 0.00851. The van der Waals surface area contributed by atoms with Crippen molar-refractivity contribution in [3.05, 3.63) is 0 Å². The lowest BCUT2D eigenvalue weighted by Crippen LogP contribution is -2.57. The van der Waals surface area contributed by atoms with Crippen LogP contribution in [0.4, 0.5) is 0 Å². The fraction of sp³-hybridized carbons (Fsp3) is 0.905. The Balaban J connectivity index is 1.68. The molecule has 1 N–H and O–H groups in total. The predicted molar refractivity (Wildman–Crippen MR) is 92.3 cm³/mol. The van der Waals surface area contributed by atoms with Gasteiger partial charge in [0.05, 0.1) is 0 Å². The molecule has 0 saturated heterocycles. The number of rotatable bonds is 2. The van der Waals surface area contributed by atoms with Gasteiger partial charge < -0.3 is 5.11 Å². The molecule has 0 radical (unpaired) electrons. The van der Waals surface area contributed by atoms with Crippen molar-refractivity contribution < 1.29 is 14.7 Å². The number of fused-ring (bicyclic) bond motifs is 5. The Morgan fingerprint density at radius 2 is 1.88 bits per heavy atom. The maximum absolute atomic E-state index is 13.3. The third-order valence-corrected chi connectivity index (χ3v) is 8.81. The molecule has 0 aromatic carbocycles. The van der Waals surface area contributed by atoms with Gasteiger partial charge in [-0.2, -0.15) is 0 Å². The Morgan fingerprint density at radius 1 is 1.08 bits per heavy atom. The molecule has 0 heterocycles. The van der Waals surface area contributed by atoms with Crippen LogP contribution in [0, 0.1) is 40.4 Å². The number of aliphatic hydroxyl groups excluding tert-OH is 1. The van der Waals surface area contributed by atoms with Crippen LogP contribution in [0.2, 0.25) is 0 Å². The first-order valence-electron chi connectivity index (χ1n) is 10.1. The Kier molecular flexibility index (Phi) is 3.95. The minimum absolute atomic E-state index is 0.0381. The molecule has 4 rings (SSSR count). The number of carbonyl (C=O) groups excluding carboxylic acids is 2. The summed E-state index contributed by atoms with van der Waals surface area (Å²) in [6.45, 7) is 4.21. The SMILES string of the molecule is C[C@]12CCCC[C@@H]1CC[C@H]1[C@@H]3CC[C@H](C(=O)CO)[C@@]3(C)CC(=O)[C@@H]12. The molecule has 0 amide bonds. The maximum atomic E-state index is 13.3. The fourth-order valence-electron chi connectivity index (χ4n) is 7.75. The summed E-state index contributed by atoms with van der Waals surface area (Å²) in [5, 5.41) is 9.36. The lowest BCUT2D eigenvalue weighted by Gasteiger charge is -2.59. The van der Waals surface area contributed by atoms with Crippen LogP contribution in [0.3, 0.4) is 0 Å². The molecule has 3 nitrogen and oxygen atoms in total. The molecule has 0 unspecified atom stereocenters. The number of aliphatic hydroxyl groups is 1. The van der Waals surface area contributed by atoms with E-state index in [2.05, 4.69) is 13.8 Å². The van der Waals surface area contributed by atoms with Crippen LogP contribution in [0.25, 0.3) is 0 Å². The number of Topliss-reactive ketones (excluding diaryl/α,β-unsaturated/α-hetero) is 2. The van der Waals surface area contributed by atoms with E-state index >= 15 is 0 Å². The third-order valence-electron chi connectivity index (χ3n) is 8.81. The molecule has 0 bridgehead atoms. The molecule has 24 heavy (non-hydrogen) atoms. The largest absolute Gasteiger partial charge is 0.389 e. The molecule has 4 aliphatic rings. The van der Waals surface area contributed by atoms with Gasteiger partial charge in [0.2, 0.25) is 0 Å². The quantitative estimate of drug-likeness (QED) is 0.837. The van der Waals surface area contributed by atoms with E-state index in [1.165, 1.54) is 38.5 Å². The van der Waals surface area contributed by atoms with E-state index < -0.39 is 0 Å². The van der Waals surface area contributed by atoms with Crippen molar-refractivity contribution in [1.82, 2.24) is 0 Å². The standard InChI is InChI=1S/C21H32O3/c1-20-10-4-3-5-13(20)6-7-14-15-8-9-16(18(24)12-22)21(15,2)11-17(23)19(14)20/h13-16,19,22H,3-12H2,1-2H3/t13-,14+,15+,16-,19-,20+,21+/m1/s1. The van der Waals surface area contributed by atoms with Gasteiger partial charge in [-0.05, 0) is 67.1 Å². The minimum atomic E-state index is -0.366. The monoisotopic (exact) mass is 332 g/mol. The van der Waals surface area contributed by atoms with E-state index in [1.54, 1.807) is 0 Å². The molecule has 7 atom stereocenters. The highest BCUT2D eigenvalue weighted by Crippen LogP contribution is 2.66. The van der Waals surface area contributed by atoms with Gasteiger partial charge in [0.25, 0.3) is 0 Å². The average Bonchev–Trinajstić information content (AvgIpc) is 2.89. The van der Waals surface area contributed by atoms with E-state index in [1.807, 2.05) is 0 Å². The molecule has 4 fully saturated rings. The zero-order chi connectivity index (χ0) is 17.1. The first-order chi connectivity index (χ1) is 11.4. The summed E-state index contributed by atoms with van der Waals surface area (Å²) in [7, 11) is 0. The van der Waals surface area contributed by atoms with Gasteiger partial charge in [-0.15, -0.1) is 0 Å². The van der Waals surface area contributed by atoms with Crippen molar-refractivity contribution >= 4 is 11.6 Å². The van der Waals surface area contributed by atoms with E-state index in [0.717, 1.165) is 18.8 Å². The average molecular weight is 332 g/mol. The van der Waals surface area contributed by atoms with Gasteiger partial charge in [0.1, 0.15) is 12.4 Å². The highest BCUT2D eigenvalue weighted by Gasteiger charge is 2.63. The van der Waals surface area contributed by atoms with Crippen LogP contribution >= 0.6 is 0 Å². The summed E-state index contributed by atoms with van der Waals surface area (Å²) in [6, 6.07) is 0. The first kappa shape index (κ1) is 16.8.